The van der Waals surface area contributed by atoms with Crippen LogP contribution in [0.3, 0.4) is 0 Å². The van der Waals surface area contributed by atoms with Crippen LogP contribution in [0.25, 0.3) is 0 Å². The highest BCUT2D eigenvalue weighted by Gasteiger charge is 2.13. The smallest absolute Gasteiger partial charge is 0.240 e. The van der Waals surface area contributed by atoms with Crippen molar-refractivity contribution in [1.29, 1.82) is 0 Å². The molecular formula is C18H24N2O3S. The van der Waals surface area contributed by atoms with Crippen molar-refractivity contribution in [3.05, 3.63) is 65.2 Å². The van der Waals surface area contributed by atoms with E-state index in [0.29, 0.717) is 13.1 Å². The third-order valence-corrected chi connectivity index (χ3v) is 5.25. The summed E-state index contributed by atoms with van der Waals surface area (Å²) in [5, 5.41) is 9.04. The Hall–Kier alpha value is -1.73. The molecule has 2 aromatic rings. The van der Waals surface area contributed by atoms with Gasteiger partial charge in [-0.2, -0.15) is 0 Å². The van der Waals surface area contributed by atoms with Gasteiger partial charge in [0.15, 0.2) is 0 Å². The van der Waals surface area contributed by atoms with Crippen LogP contribution >= 0.6 is 0 Å². The fourth-order valence-electron chi connectivity index (χ4n) is 2.31. The molecule has 0 bridgehead atoms. The quantitative estimate of drug-likeness (QED) is 0.764. The summed E-state index contributed by atoms with van der Waals surface area (Å²) in [5.74, 6) is 0. The number of hydrogen-bond donors (Lipinski definition) is 2. The van der Waals surface area contributed by atoms with Crippen molar-refractivity contribution >= 4 is 10.0 Å². The van der Waals surface area contributed by atoms with Gasteiger partial charge in [-0.1, -0.05) is 42.0 Å². The van der Waals surface area contributed by atoms with Crippen LogP contribution in [0.4, 0.5) is 0 Å². The predicted molar refractivity (Wildman–Crippen MR) is 95.1 cm³/mol. The van der Waals surface area contributed by atoms with Gasteiger partial charge in [-0.25, -0.2) is 13.1 Å². The lowest BCUT2D eigenvalue weighted by atomic mass is 10.1. The van der Waals surface area contributed by atoms with Gasteiger partial charge >= 0.3 is 0 Å². The normalized spacial score (nSPS) is 11.8. The molecule has 2 rings (SSSR count). The fourth-order valence-corrected chi connectivity index (χ4v) is 3.33. The summed E-state index contributed by atoms with van der Waals surface area (Å²) in [6, 6.07) is 14.5. The van der Waals surface area contributed by atoms with E-state index in [-0.39, 0.29) is 11.5 Å². The van der Waals surface area contributed by atoms with Crippen LogP contribution in [0.1, 0.15) is 16.7 Å². The monoisotopic (exact) mass is 348 g/mol. The number of rotatable bonds is 8. The Labute approximate surface area is 144 Å². The minimum absolute atomic E-state index is 0.0386. The van der Waals surface area contributed by atoms with Crippen molar-refractivity contribution in [3.63, 3.8) is 0 Å². The number of nitrogens with zero attached hydrogens (tertiary/aromatic N) is 1. The molecule has 0 atom stereocenters. The molecule has 5 nitrogen and oxygen atoms in total. The molecule has 0 aromatic heterocycles. The van der Waals surface area contributed by atoms with E-state index in [9.17, 15) is 8.42 Å². The highest BCUT2D eigenvalue weighted by molar-refractivity contribution is 7.89. The average Bonchev–Trinajstić information content (AvgIpc) is 2.56. The topological polar surface area (TPSA) is 69.6 Å². The van der Waals surface area contributed by atoms with Crippen LogP contribution in [0, 0.1) is 6.92 Å². The number of aliphatic hydroxyl groups is 1. The molecule has 0 amide bonds. The van der Waals surface area contributed by atoms with E-state index in [2.05, 4.69) is 4.72 Å². The Morgan fingerprint density at radius 1 is 1.00 bits per heavy atom. The van der Waals surface area contributed by atoms with Crippen molar-refractivity contribution in [2.45, 2.75) is 25.0 Å². The number of aryl methyl sites for hydroxylation is 1. The minimum Gasteiger partial charge on any atom is -0.392 e. The Morgan fingerprint density at radius 2 is 1.58 bits per heavy atom. The largest absolute Gasteiger partial charge is 0.392 e. The number of hydrogen-bond acceptors (Lipinski definition) is 4. The second-order valence-electron chi connectivity index (χ2n) is 5.92. The van der Waals surface area contributed by atoms with Crippen LogP contribution in [0.2, 0.25) is 0 Å². The minimum atomic E-state index is -3.46. The molecule has 2 aromatic carbocycles. The van der Waals surface area contributed by atoms with Gasteiger partial charge in [0.25, 0.3) is 0 Å². The summed E-state index contributed by atoms with van der Waals surface area (Å²) in [6.07, 6.45) is 0. The Balaban J connectivity index is 1.82. The summed E-state index contributed by atoms with van der Waals surface area (Å²) in [7, 11) is -1.51. The molecule has 0 spiro atoms. The van der Waals surface area contributed by atoms with Crippen LogP contribution in [-0.4, -0.2) is 38.6 Å². The van der Waals surface area contributed by atoms with E-state index in [1.54, 1.807) is 24.3 Å². The molecule has 0 heterocycles. The second kappa shape index (κ2) is 8.39. The van der Waals surface area contributed by atoms with Crippen LogP contribution in [0.15, 0.2) is 53.4 Å². The molecule has 0 radical (unpaired) electrons. The standard InChI is InChI=1S/C18H24N2O3S/c1-15-3-9-18(10-4-15)24(22,23)19-11-12-20(2)13-16-5-7-17(14-21)8-6-16/h3-10,19,21H,11-14H2,1-2H3. The molecule has 0 saturated heterocycles. The van der Waals surface area contributed by atoms with E-state index in [1.807, 2.05) is 43.1 Å². The van der Waals surface area contributed by atoms with Crippen molar-refractivity contribution < 1.29 is 13.5 Å². The van der Waals surface area contributed by atoms with Gasteiger partial charge in [-0.05, 0) is 37.2 Å². The molecule has 0 aliphatic rings. The van der Waals surface area contributed by atoms with Gasteiger partial charge in [0.2, 0.25) is 10.0 Å². The lowest BCUT2D eigenvalue weighted by Crippen LogP contribution is -2.32. The van der Waals surface area contributed by atoms with Gasteiger partial charge in [0.05, 0.1) is 11.5 Å². The predicted octanol–water partition coefficient (Wildman–Crippen LogP) is 1.90. The van der Waals surface area contributed by atoms with Gasteiger partial charge in [0, 0.05) is 19.6 Å². The Kier molecular flexibility index (Phi) is 6.51. The SMILES string of the molecule is Cc1ccc(S(=O)(=O)NCCN(C)Cc2ccc(CO)cc2)cc1. The first-order chi connectivity index (χ1) is 11.4. The van der Waals surface area contributed by atoms with Crippen LogP contribution < -0.4 is 4.72 Å². The lowest BCUT2D eigenvalue weighted by Gasteiger charge is -2.17. The maximum Gasteiger partial charge on any atom is 0.240 e. The molecule has 130 valence electrons. The zero-order valence-electron chi connectivity index (χ0n) is 14.1. The van der Waals surface area contributed by atoms with E-state index in [1.165, 1.54) is 0 Å². The summed E-state index contributed by atoms with van der Waals surface area (Å²) >= 11 is 0. The zero-order valence-corrected chi connectivity index (χ0v) is 14.9. The van der Waals surface area contributed by atoms with E-state index >= 15 is 0 Å². The van der Waals surface area contributed by atoms with Crippen molar-refractivity contribution in [2.24, 2.45) is 0 Å². The first-order valence-electron chi connectivity index (χ1n) is 7.84. The summed E-state index contributed by atoms with van der Waals surface area (Å²) in [6.45, 7) is 3.63. The average molecular weight is 348 g/mol. The van der Waals surface area contributed by atoms with E-state index in [0.717, 1.165) is 23.2 Å². The third kappa shape index (κ3) is 5.42. The van der Waals surface area contributed by atoms with Crippen LogP contribution in [0.5, 0.6) is 0 Å². The molecule has 24 heavy (non-hydrogen) atoms. The molecular weight excluding hydrogens is 324 g/mol. The number of sulfonamides is 1. The molecule has 2 N–H and O–H groups in total. The molecule has 0 unspecified atom stereocenters. The molecule has 0 aliphatic carbocycles. The summed E-state index contributed by atoms with van der Waals surface area (Å²) in [4.78, 5) is 2.33. The number of aliphatic hydroxyl groups excluding tert-OH is 1. The summed E-state index contributed by atoms with van der Waals surface area (Å²) in [5.41, 5.74) is 3.03. The number of benzene rings is 2. The number of nitrogens with one attached hydrogen (secondary N) is 1. The second-order valence-corrected chi connectivity index (χ2v) is 7.69. The van der Waals surface area contributed by atoms with Gasteiger partial charge in [0.1, 0.15) is 0 Å². The van der Waals surface area contributed by atoms with Gasteiger partial charge in [-0.3, -0.25) is 0 Å². The highest BCUT2D eigenvalue weighted by Crippen LogP contribution is 2.10. The zero-order chi connectivity index (χ0) is 17.6. The highest BCUT2D eigenvalue weighted by atomic mass is 32.2. The van der Waals surface area contributed by atoms with Crippen molar-refractivity contribution in [1.82, 2.24) is 9.62 Å². The van der Waals surface area contributed by atoms with Crippen LogP contribution in [-0.2, 0) is 23.2 Å². The molecule has 0 aliphatic heterocycles. The van der Waals surface area contributed by atoms with Gasteiger partial charge < -0.3 is 10.0 Å². The maximum atomic E-state index is 12.2. The van der Waals surface area contributed by atoms with E-state index in [4.69, 9.17) is 5.11 Å². The molecule has 0 fully saturated rings. The number of likely N-dealkylation sites (N-methyl/N-ethyl adjacent to an activating group) is 1. The van der Waals surface area contributed by atoms with Crippen molar-refractivity contribution in [2.75, 3.05) is 20.1 Å². The third-order valence-electron chi connectivity index (χ3n) is 3.77. The first-order valence-corrected chi connectivity index (χ1v) is 9.32. The molecule has 0 saturated carbocycles. The maximum absolute atomic E-state index is 12.2. The lowest BCUT2D eigenvalue weighted by molar-refractivity contribution is 0.281. The van der Waals surface area contributed by atoms with Gasteiger partial charge in [-0.15, -0.1) is 0 Å². The summed E-state index contributed by atoms with van der Waals surface area (Å²) < 4.78 is 27.0. The van der Waals surface area contributed by atoms with E-state index < -0.39 is 10.0 Å². The first kappa shape index (κ1) is 18.6. The van der Waals surface area contributed by atoms with Crippen molar-refractivity contribution in [3.8, 4) is 0 Å². The Bertz CT molecular complexity index is 741. The molecule has 6 heteroatoms. The fraction of sp³-hybridized carbons (Fsp3) is 0.333. The Morgan fingerprint density at radius 3 is 2.17 bits per heavy atom.